The molecule has 6 nitrogen and oxygen atoms in total. The fourth-order valence-electron chi connectivity index (χ4n) is 4.69. The standard InChI is InChI=1S/C30H45NO5/c1-3-5-7-9-10-19-30(24-31)20-16-27(17-21-30)36-29(33)25-12-14-26(15-13-25)34-23-18-28(32)35-22-11-8-6-4-2/h12-15,27H,3-11,16-23H2,1-2H3. The molecule has 0 aromatic heterocycles. The number of rotatable bonds is 17. The zero-order valence-electron chi connectivity index (χ0n) is 22.4. The number of ether oxygens (including phenoxy) is 3. The van der Waals surface area contributed by atoms with Crippen LogP contribution in [0.4, 0.5) is 0 Å². The molecule has 0 N–H and O–H groups in total. The lowest BCUT2D eigenvalue weighted by atomic mass is 9.71. The number of hydrogen-bond donors (Lipinski definition) is 0. The first-order valence-corrected chi connectivity index (χ1v) is 14.0. The Bertz CT molecular complexity index is 806. The molecule has 0 aliphatic heterocycles. The maximum absolute atomic E-state index is 12.6. The second-order valence-electron chi connectivity index (χ2n) is 10.1. The lowest BCUT2D eigenvalue weighted by Gasteiger charge is -2.34. The average molecular weight is 500 g/mol. The zero-order valence-corrected chi connectivity index (χ0v) is 22.4. The van der Waals surface area contributed by atoms with Crippen molar-refractivity contribution in [3.63, 3.8) is 0 Å². The predicted molar refractivity (Wildman–Crippen MR) is 141 cm³/mol. The Hall–Kier alpha value is -2.55. The van der Waals surface area contributed by atoms with Gasteiger partial charge in [0, 0.05) is 0 Å². The monoisotopic (exact) mass is 499 g/mol. The van der Waals surface area contributed by atoms with Crippen molar-refractivity contribution in [3.05, 3.63) is 29.8 Å². The van der Waals surface area contributed by atoms with E-state index in [9.17, 15) is 14.9 Å². The predicted octanol–water partition coefficient (Wildman–Crippen LogP) is 7.55. The van der Waals surface area contributed by atoms with Crippen LogP contribution in [0.1, 0.15) is 121 Å². The average Bonchev–Trinajstić information content (AvgIpc) is 2.90. The van der Waals surface area contributed by atoms with Crippen LogP contribution >= 0.6 is 0 Å². The third-order valence-electron chi connectivity index (χ3n) is 7.09. The summed E-state index contributed by atoms with van der Waals surface area (Å²) >= 11 is 0. The summed E-state index contributed by atoms with van der Waals surface area (Å²) in [6.07, 6.45) is 14.4. The maximum atomic E-state index is 12.6. The minimum absolute atomic E-state index is 0.136. The van der Waals surface area contributed by atoms with Gasteiger partial charge in [-0.3, -0.25) is 4.79 Å². The van der Waals surface area contributed by atoms with Crippen LogP contribution in [0.2, 0.25) is 0 Å². The van der Waals surface area contributed by atoms with E-state index in [4.69, 9.17) is 14.2 Å². The Morgan fingerprint density at radius 3 is 2.19 bits per heavy atom. The van der Waals surface area contributed by atoms with Gasteiger partial charge in [-0.15, -0.1) is 0 Å². The Labute approximate surface area is 217 Å². The van der Waals surface area contributed by atoms with Crippen LogP contribution in [-0.4, -0.2) is 31.3 Å². The van der Waals surface area contributed by atoms with Crippen molar-refractivity contribution in [1.29, 1.82) is 5.26 Å². The Morgan fingerprint density at radius 2 is 1.56 bits per heavy atom. The number of esters is 2. The van der Waals surface area contributed by atoms with Gasteiger partial charge in [-0.25, -0.2) is 4.79 Å². The van der Waals surface area contributed by atoms with E-state index in [0.717, 1.165) is 64.2 Å². The number of unbranched alkanes of at least 4 members (excludes halogenated alkanes) is 7. The molecule has 0 heterocycles. The van der Waals surface area contributed by atoms with Gasteiger partial charge < -0.3 is 14.2 Å². The van der Waals surface area contributed by atoms with Crippen molar-refractivity contribution in [2.24, 2.45) is 5.41 Å². The fraction of sp³-hybridized carbons (Fsp3) is 0.700. The number of benzene rings is 1. The topological polar surface area (TPSA) is 85.6 Å². The molecule has 0 spiro atoms. The zero-order chi connectivity index (χ0) is 26.1. The first-order chi connectivity index (χ1) is 17.5. The Morgan fingerprint density at radius 1 is 0.917 bits per heavy atom. The van der Waals surface area contributed by atoms with Gasteiger partial charge in [0.25, 0.3) is 0 Å². The summed E-state index contributed by atoms with van der Waals surface area (Å²) in [6.45, 7) is 5.05. The number of carbonyl (C=O) groups is 2. The third kappa shape index (κ3) is 11.0. The van der Waals surface area contributed by atoms with Gasteiger partial charge in [0.15, 0.2) is 0 Å². The summed E-state index contributed by atoms with van der Waals surface area (Å²) in [4.78, 5) is 24.4. The van der Waals surface area contributed by atoms with E-state index in [1.54, 1.807) is 24.3 Å². The summed E-state index contributed by atoms with van der Waals surface area (Å²) in [5, 5.41) is 9.78. The largest absolute Gasteiger partial charge is 0.493 e. The van der Waals surface area contributed by atoms with Crippen LogP contribution in [0.25, 0.3) is 0 Å². The molecule has 1 saturated carbocycles. The van der Waals surface area contributed by atoms with E-state index in [2.05, 4.69) is 19.9 Å². The molecular formula is C30H45NO5. The second kappa shape index (κ2) is 17.0. The van der Waals surface area contributed by atoms with E-state index >= 15 is 0 Å². The van der Waals surface area contributed by atoms with Crippen molar-refractivity contribution in [2.45, 2.75) is 116 Å². The first kappa shape index (κ1) is 29.7. The quantitative estimate of drug-likeness (QED) is 0.162. The molecule has 36 heavy (non-hydrogen) atoms. The molecule has 6 heteroatoms. The molecule has 0 unspecified atom stereocenters. The van der Waals surface area contributed by atoms with Crippen molar-refractivity contribution < 1.29 is 23.8 Å². The van der Waals surface area contributed by atoms with Crippen molar-refractivity contribution in [1.82, 2.24) is 0 Å². The molecule has 0 bridgehead atoms. The van der Waals surface area contributed by atoms with E-state index in [1.807, 2.05) is 0 Å². The van der Waals surface area contributed by atoms with Gasteiger partial charge in [-0.05, 0) is 62.8 Å². The van der Waals surface area contributed by atoms with Crippen LogP contribution in [0.5, 0.6) is 5.75 Å². The smallest absolute Gasteiger partial charge is 0.338 e. The highest BCUT2D eigenvalue weighted by atomic mass is 16.5. The molecular weight excluding hydrogens is 454 g/mol. The normalized spacial score (nSPS) is 19.3. The molecule has 2 rings (SSSR count). The van der Waals surface area contributed by atoms with Gasteiger partial charge >= 0.3 is 11.9 Å². The molecule has 0 atom stereocenters. The highest BCUT2D eigenvalue weighted by molar-refractivity contribution is 5.89. The van der Waals surface area contributed by atoms with Crippen molar-refractivity contribution in [3.8, 4) is 11.8 Å². The molecule has 200 valence electrons. The summed E-state index contributed by atoms with van der Waals surface area (Å²) < 4.78 is 16.6. The van der Waals surface area contributed by atoms with Crippen LogP contribution < -0.4 is 4.74 Å². The Balaban J connectivity index is 1.67. The van der Waals surface area contributed by atoms with Crippen LogP contribution in [0.15, 0.2) is 24.3 Å². The molecule has 1 aliphatic rings. The molecule has 1 aliphatic carbocycles. The molecule has 0 saturated heterocycles. The van der Waals surface area contributed by atoms with E-state index < -0.39 is 0 Å². The van der Waals surface area contributed by atoms with E-state index in [0.29, 0.717) is 17.9 Å². The molecule has 1 fully saturated rings. The second-order valence-corrected chi connectivity index (χ2v) is 10.1. The molecule has 0 radical (unpaired) electrons. The summed E-state index contributed by atoms with van der Waals surface area (Å²) in [7, 11) is 0. The molecule has 1 aromatic rings. The maximum Gasteiger partial charge on any atom is 0.338 e. The first-order valence-electron chi connectivity index (χ1n) is 14.0. The lowest BCUT2D eigenvalue weighted by Crippen LogP contribution is -2.31. The number of nitriles is 1. The van der Waals surface area contributed by atoms with Crippen molar-refractivity contribution >= 4 is 11.9 Å². The number of nitrogens with zero attached hydrogens (tertiary/aromatic N) is 1. The van der Waals surface area contributed by atoms with Gasteiger partial charge in [0.1, 0.15) is 11.9 Å². The molecule has 0 amide bonds. The fourth-order valence-corrected chi connectivity index (χ4v) is 4.69. The van der Waals surface area contributed by atoms with Crippen LogP contribution in [0, 0.1) is 16.7 Å². The molecule has 1 aromatic carbocycles. The van der Waals surface area contributed by atoms with Crippen LogP contribution in [-0.2, 0) is 14.3 Å². The summed E-state index contributed by atoms with van der Waals surface area (Å²) in [5.74, 6) is -0.00369. The summed E-state index contributed by atoms with van der Waals surface area (Å²) in [6, 6.07) is 9.37. The van der Waals surface area contributed by atoms with E-state index in [1.165, 1.54) is 25.7 Å². The van der Waals surface area contributed by atoms with Gasteiger partial charge in [0.05, 0.1) is 36.7 Å². The van der Waals surface area contributed by atoms with Crippen molar-refractivity contribution in [2.75, 3.05) is 13.2 Å². The third-order valence-corrected chi connectivity index (χ3v) is 7.09. The number of hydrogen-bond acceptors (Lipinski definition) is 6. The van der Waals surface area contributed by atoms with E-state index in [-0.39, 0.29) is 36.5 Å². The van der Waals surface area contributed by atoms with Crippen LogP contribution in [0.3, 0.4) is 0 Å². The highest BCUT2D eigenvalue weighted by Crippen LogP contribution is 2.41. The Kier molecular flexibility index (Phi) is 14.0. The lowest BCUT2D eigenvalue weighted by molar-refractivity contribution is -0.144. The number of carbonyl (C=O) groups excluding carboxylic acids is 2. The SMILES string of the molecule is CCCCCCCC1(C#N)CCC(OC(=O)c2ccc(OCCC(=O)OCCCCCC)cc2)CC1. The minimum atomic E-state index is -0.345. The van der Waals surface area contributed by atoms with Gasteiger partial charge in [-0.1, -0.05) is 65.2 Å². The minimum Gasteiger partial charge on any atom is -0.493 e. The van der Waals surface area contributed by atoms with Gasteiger partial charge in [-0.2, -0.15) is 5.26 Å². The highest BCUT2D eigenvalue weighted by Gasteiger charge is 2.36. The summed E-state index contributed by atoms with van der Waals surface area (Å²) in [5.41, 5.74) is 0.220. The van der Waals surface area contributed by atoms with Gasteiger partial charge in [0.2, 0.25) is 0 Å².